The van der Waals surface area contributed by atoms with Crippen molar-refractivity contribution >= 4 is 22.9 Å². The second-order valence-electron chi connectivity index (χ2n) is 9.44. The Morgan fingerprint density at radius 2 is 1.94 bits per heavy atom. The lowest BCUT2D eigenvalue weighted by Crippen LogP contribution is -2.41. The van der Waals surface area contributed by atoms with Gasteiger partial charge in [-0.2, -0.15) is 18.4 Å². The van der Waals surface area contributed by atoms with E-state index in [1.54, 1.807) is 42.5 Å². The quantitative estimate of drug-likeness (QED) is 0.610. The largest absolute Gasteiger partial charge is 0.417 e. The first-order valence-corrected chi connectivity index (χ1v) is 12.4. The summed E-state index contributed by atoms with van der Waals surface area (Å²) in [6, 6.07) is 9.70. The number of carbonyl (C=O) groups excluding carboxylic acids is 1. The summed E-state index contributed by atoms with van der Waals surface area (Å²) in [5, 5.41) is 11.2. The Morgan fingerprint density at radius 1 is 1.21 bits per heavy atom. The van der Waals surface area contributed by atoms with E-state index in [1.165, 1.54) is 10.9 Å². The standard InChI is InChI=1S/C25H29F3N4OS/c1-30(2)24(33)22-16-32(19-6-5-18(13-29)23(12-19)25(26,27)28)15-21(22)17-7-9-31(10-8-17)14-20-4-3-11-34-20/h3-6,11-12,17,21-22H,7-10,14-16H2,1-2H3/t21-,22+/m0/s1. The highest BCUT2D eigenvalue weighted by molar-refractivity contribution is 7.09. The average Bonchev–Trinajstić information content (AvgIpc) is 3.48. The lowest BCUT2D eigenvalue weighted by atomic mass is 9.78. The van der Waals surface area contributed by atoms with Crippen molar-refractivity contribution < 1.29 is 18.0 Å². The number of benzene rings is 1. The minimum absolute atomic E-state index is 0.0261. The van der Waals surface area contributed by atoms with Crippen LogP contribution < -0.4 is 4.90 Å². The van der Waals surface area contributed by atoms with Crippen molar-refractivity contribution in [2.45, 2.75) is 25.6 Å². The van der Waals surface area contributed by atoms with Crippen LogP contribution >= 0.6 is 11.3 Å². The molecule has 2 atom stereocenters. The van der Waals surface area contributed by atoms with Gasteiger partial charge in [0.05, 0.1) is 23.1 Å². The molecule has 1 amide bonds. The molecule has 182 valence electrons. The topological polar surface area (TPSA) is 50.6 Å². The molecule has 0 bridgehead atoms. The van der Waals surface area contributed by atoms with Crippen molar-refractivity contribution in [3.63, 3.8) is 0 Å². The van der Waals surface area contributed by atoms with Crippen molar-refractivity contribution in [3.8, 4) is 6.07 Å². The summed E-state index contributed by atoms with van der Waals surface area (Å²) in [5.74, 6) is 0.203. The molecule has 0 saturated carbocycles. The summed E-state index contributed by atoms with van der Waals surface area (Å²) in [6.45, 7) is 3.78. The van der Waals surface area contributed by atoms with Crippen LogP contribution in [0.2, 0.25) is 0 Å². The number of anilines is 1. The van der Waals surface area contributed by atoms with E-state index < -0.39 is 11.7 Å². The average molecular weight is 491 g/mol. The molecule has 1 aromatic heterocycles. The summed E-state index contributed by atoms with van der Waals surface area (Å²) in [5.41, 5.74) is -0.889. The van der Waals surface area contributed by atoms with Crippen LogP contribution in [0.1, 0.15) is 28.8 Å². The van der Waals surface area contributed by atoms with Crippen molar-refractivity contribution in [2.24, 2.45) is 17.8 Å². The Balaban J connectivity index is 1.51. The van der Waals surface area contributed by atoms with Crippen molar-refractivity contribution in [1.29, 1.82) is 5.26 Å². The van der Waals surface area contributed by atoms with Gasteiger partial charge < -0.3 is 9.80 Å². The highest BCUT2D eigenvalue weighted by Gasteiger charge is 2.44. The van der Waals surface area contributed by atoms with Gasteiger partial charge in [0.15, 0.2) is 0 Å². The molecule has 2 saturated heterocycles. The molecule has 3 heterocycles. The second kappa shape index (κ2) is 9.96. The molecule has 2 aliphatic heterocycles. The highest BCUT2D eigenvalue weighted by atomic mass is 32.1. The number of alkyl halides is 3. The number of halogens is 3. The number of amides is 1. The molecule has 2 aliphatic rings. The Bertz CT molecular complexity index is 1040. The summed E-state index contributed by atoms with van der Waals surface area (Å²) >= 11 is 1.75. The van der Waals surface area contributed by atoms with E-state index in [1.807, 2.05) is 4.90 Å². The zero-order chi connectivity index (χ0) is 24.5. The van der Waals surface area contributed by atoms with Gasteiger partial charge in [0.1, 0.15) is 0 Å². The molecular weight excluding hydrogens is 461 g/mol. The smallest absolute Gasteiger partial charge is 0.370 e. The van der Waals surface area contributed by atoms with Gasteiger partial charge in [-0.25, -0.2) is 0 Å². The molecule has 9 heteroatoms. The first kappa shape index (κ1) is 24.6. The van der Waals surface area contributed by atoms with Gasteiger partial charge in [0.2, 0.25) is 5.91 Å². The summed E-state index contributed by atoms with van der Waals surface area (Å²) in [7, 11) is 3.46. The Labute approximate surface area is 202 Å². The lowest BCUT2D eigenvalue weighted by Gasteiger charge is -2.36. The molecule has 2 fully saturated rings. The number of nitrogens with zero attached hydrogens (tertiary/aromatic N) is 4. The van der Waals surface area contributed by atoms with Gasteiger partial charge in [-0.05, 0) is 67.4 Å². The highest BCUT2D eigenvalue weighted by Crippen LogP contribution is 2.40. The first-order valence-electron chi connectivity index (χ1n) is 11.5. The van der Waals surface area contributed by atoms with E-state index in [9.17, 15) is 18.0 Å². The van der Waals surface area contributed by atoms with Crippen molar-refractivity contribution in [1.82, 2.24) is 9.80 Å². The predicted molar refractivity (Wildman–Crippen MR) is 126 cm³/mol. The van der Waals surface area contributed by atoms with E-state index in [4.69, 9.17) is 5.26 Å². The number of carbonyl (C=O) groups is 1. The van der Waals surface area contributed by atoms with Gasteiger partial charge in [-0.15, -0.1) is 11.3 Å². The molecule has 0 N–H and O–H groups in total. The van der Waals surface area contributed by atoms with Gasteiger partial charge in [-0.1, -0.05) is 6.07 Å². The zero-order valence-corrected chi connectivity index (χ0v) is 20.2. The second-order valence-corrected chi connectivity index (χ2v) is 10.5. The summed E-state index contributed by atoms with van der Waals surface area (Å²) < 4.78 is 40.6. The molecule has 0 unspecified atom stereocenters. The number of rotatable bonds is 5. The maximum absolute atomic E-state index is 13.5. The number of piperidine rings is 1. The van der Waals surface area contributed by atoms with E-state index in [0.29, 0.717) is 24.7 Å². The Morgan fingerprint density at radius 3 is 2.53 bits per heavy atom. The number of hydrogen-bond acceptors (Lipinski definition) is 5. The summed E-state index contributed by atoms with van der Waals surface area (Å²) in [6.07, 6.45) is -2.65. The fourth-order valence-electron chi connectivity index (χ4n) is 5.33. The van der Waals surface area contributed by atoms with E-state index in [0.717, 1.165) is 38.5 Å². The van der Waals surface area contributed by atoms with Crippen molar-refractivity contribution in [2.75, 3.05) is 45.2 Å². The lowest BCUT2D eigenvalue weighted by molar-refractivity contribution is -0.137. The summed E-state index contributed by atoms with van der Waals surface area (Å²) in [4.78, 5) is 20.3. The number of hydrogen-bond donors (Lipinski definition) is 0. The first-order chi connectivity index (χ1) is 16.2. The Kier molecular flexibility index (Phi) is 7.20. The molecule has 0 spiro atoms. The van der Waals surface area contributed by atoms with E-state index in [-0.39, 0.29) is 23.3 Å². The van der Waals surface area contributed by atoms with Gasteiger partial charge in [-0.3, -0.25) is 9.69 Å². The molecule has 5 nitrogen and oxygen atoms in total. The molecule has 0 aliphatic carbocycles. The fourth-order valence-corrected chi connectivity index (χ4v) is 6.08. The maximum atomic E-state index is 13.5. The molecular formula is C25H29F3N4OS. The number of likely N-dealkylation sites (tertiary alicyclic amines) is 1. The minimum atomic E-state index is -4.60. The zero-order valence-electron chi connectivity index (χ0n) is 19.4. The van der Waals surface area contributed by atoms with Crippen LogP contribution in [0.25, 0.3) is 0 Å². The predicted octanol–water partition coefficient (Wildman–Crippen LogP) is 4.69. The van der Waals surface area contributed by atoms with Crippen LogP contribution in [0.4, 0.5) is 18.9 Å². The molecule has 4 rings (SSSR count). The molecule has 2 aromatic rings. The van der Waals surface area contributed by atoms with Crippen LogP contribution in [0.3, 0.4) is 0 Å². The molecule has 0 radical (unpaired) electrons. The van der Waals surface area contributed by atoms with Crippen LogP contribution in [-0.2, 0) is 17.5 Å². The van der Waals surface area contributed by atoms with Gasteiger partial charge in [0.25, 0.3) is 0 Å². The van der Waals surface area contributed by atoms with Gasteiger partial charge in [0, 0.05) is 44.3 Å². The van der Waals surface area contributed by atoms with Crippen LogP contribution in [0, 0.1) is 29.1 Å². The molecule has 34 heavy (non-hydrogen) atoms. The van der Waals surface area contributed by atoms with Crippen LogP contribution in [0.5, 0.6) is 0 Å². The van der Waals surface area contributed by atoms with E-state index in [2.05, 4.69) is 22.4 Å². The Hall–Kier alpha value is -2.57. The normalized spacial score (nSPS) is 22.1. The van der Waals surface area contributed by atoms with Gasteiger partial charge >= 0.3 is 6.18 Å². The fraction of sp³-hybridized carbons (Fsp3) is 0.520. The SMILES string of the molecule is CN(C)C(=O)[C@@H]1CN(c2ccc(C#N)c(C(F)(F)F)c2)C[C@H]1C1CCN(Cc2cccs2)CC1. The monoisotopic (exact) mass is 490 g/mol. The third-order valence-corrected chi connectivity index (χ3v) is 7.98. The third-order valence-electron chi connectivity index (χ3n) is 7.11. The van der Waals surface area contributed by atoms with Crippen molar-refractivity contribution in [3.05, 3.63) is 51.7 Å². The number of thiophene rings is 1. The van der Waals surface area contributed by atoms with E-state index >= 15 is 0 Å². The number of nitriles is 1. The minimum Gasteiger partial charge on any atom is -0.370 e. The third kappa shape index (κ3) is 5.23. The molecule has 1 aromatic carbocycles. The van der Waals surface area contributed by atoms with Crippen LogP contribution in [-0.4, -0.2) is 56.0 Å². The van der Waals surface area contributed by atoms with Crippen LogP contribution in [0.15, 0.2) is 35.7 Å². The maximum Gasteiger partial charge on any atom is 0.417 e.